The zero-order valence-electron chi connectivity index (χ0n) is 10.2. The van der Waals surface area contributed by atoms with Gasteiger partial charge in [-0.3, -0.25) is 9.69 Å². The minimum atomic E-state index is -0.586. The Morgan fingerprint density at radius 3 is 2.69 bits per heavy atom. The third-order valence-electron chi connectivity index (χ3n) is 4.28. The molecule has 2 rings (SSSR count). The molecule has 1 aliphatic heterocycles. The van der Waals surface area contributed by atoms with Gasteiger partial charge in [0.25, 0.3) is 0 Å². The smallest absolute Gasteiger partial charge is 0.308 e. The lowest BCUT2D eigenvalue weighted by Crippen LogP contribution is -2.55. The molecule has 3 atom stereocenters. The molecule has 1 saturated carbocycles. The van der Waals surface area contributed by atoms with E-state index in [0.717, 1.165) is 19.4 Å². The zero-order valence-corrected chi connectivity index (χ0v) is 10.2. The highest BCUT2D eigenvalue weighted by atomic mass is 16.4. The lowest BCUT2D eigenvalue weighted by atomic mass is 9.76. The van der Waals surface area contributed by atoms with Crippen LogP contribution in [0.3, 0.4) is 0 Å². The van der Waals surface area contributed by atoms with E-state index >= 15 is 0 Å². The number of nitrogens with zero attached hydrogens (tertiary/aromatic N) is 1. The maximum Gasteiger partial charge on any atom is 0.308 e. The summed E-state index contributed by atoms with van der Waals surface area (Å²) in [6, 6.07) is 1.00. The van der Waals surface area contributed by atoms with Crippen LogP contribution in [0.2, 0.25) is 0 Å². The van der Waals surface area contributed by atoms with Gasteiger partial charge in [-0.15, -0.1) is 0 Å². The molecule has 0 aromatic carbocycles. The number of carboxylic acid groups (broad SMARTS) is 1. The van der Waals surface area contributed by atoms with Crippen molar-refractivity contribution in [3.63, 3.8) is 0 Å². The first kappa shape index (κ1) is 11.9. The van der Waals surface area contributed by atoms with Crippen molar-refractivity contribution in [1.82, 2.24) is 4.90 Å². The van der Waals surface area contributed by atoms with Gasteiger partial charge in [-0.05, 0) is 38.6 Å². The number of carboxylic acids is 1. The van der Waals surface area contributed by atoms with E-state index in [0.29, 0.717) is 12.1 Å². The Balaban J connectivity index is 1.97. The Morgan fingerprint density at radius 2 is 2.12 bits per heavy atom. The molecule has 1 saturated heterocycles. The molecule has 0 amide bonds. The van der Waals surface area contributed by atoms with E-state index in [1.807, 2.05) is 0 Å². The van der Waals surface area contributed by atoms with Crippen LogP contribution in [-0.2, 0) is 4.79 Å². The summed E-state index contributed by atoms with van der Waals surface area (Å²) in [6.07, 6.45) is 8.28. The first-order valence-corrected chi connectivity index (χ1v) is 6.72. The number of rotatable bonds is 4. The second kappa shape index (κ2) is 5.17. The second-order valence-electron chi connectivity index (χ2n) is 5.27. The predicted octanol–water partition coefficient (Wildman–Crippen LogP) is 2.50. The van der Waals surface area contributed by atoms with Gasteiger partial charge in [0.05, 0.1) is 5.92 Å². The third-order valence-corrected chi connectivity index (χ3v) is 4.28. The molecule has 3 unspecified atom stereocenters. The van der Waals surface area contributed by atoms with Crippen LogP contribution in [-0.4, -0.2) is 34.6 Å². The SMILES string of the molecule is CCCC1CCCCN1C1CCC1C(=O)O. The van der Waals surface area contributed by atoms with Crippen LogP contribution < -0.4 is 0 Å². The fourth-order valence-electron chi connectivity index (χ4n) is 3.27. The van der Waals surface area contributed by atoms with Crippen LogP contribution in [0.25, 0.3) is 0 Å². The second-order valence-corrected chi connectivity index (χ2v) is 5.27. The van der Waals surface area contributed by atoms with E-state index < -0.39 is 5.97 Å². The summed E-state index contributed by atoms with van der Waals surface area (Å²) in [4.78, 5) is 13.6. The third kappa shape index (κ3) is 2.24. The summed E-state index contributed by atoms with van der Waals surface area (Å²) >= 11 is 0. The van der Waals surface area contributed by atoms with E-state index in [-0.39, 0.29) is 5.92 Å². The minimum Gasteiger partial charge on any atom is -0.481 e. The van der Waals surface area contributed by atoms with Gasteiger partial charge in [-0.25, -0.2) is 0 Å². The first-order chi connectivity index (χ1) is 7.74. The standard InChI is InChI=1S/C13H23NO2/c1-2-5-10-6-3-4-9-14(10)12-8-7-11(12)13(15)16/h10-12H,2-9H2,1H3,(H,15,16). The molecule has 0 spiro atoms. The van der Waals surface area contributed by atoms with Gasteiger partial charge in [0, 0.05) is 12.1 Å². The Labute approximate surface area is 97.8 Å². The number of likely N-dealkylation sites (tertiary alicyclic amines) is 1. The monoisotopic (exact) mass is 225 g/mol. The molecule has 1 aliphatic carbocycles. The summed E-state index contributed by atoms with van der Waals surface area (Å²) in [6.45, 7) is 3.35. The van der Waals surface area contributed by atoms with Crippen molar-refractivity contribution in [2.75, 3.05) is 6.54 Å². The molecule has 16 heavy (non-hydrogen) atoms. The topological polar surface area (TPSA) is 40.5 Å². The van der Waals surface area contributed by atoms with Crippen LogP contribution in [0.5, 0.6) is 0 Å². The Bertz CT molecular complexity index is 252. The molecule has 3 heteroatoms. The first-order valence-electron chi connectivity index (χ1n) is 6.72. The van der Waals surface area contributed by atoms with Crippen LogP contribution in [0.15, 0.2) is 0 Å². The molecule has 2 aliphatic rings. The van der Waals surface area contributed by atoms with Crippen molar-refractivity contribution < 1.29 is 9.90 Å². The molecule has 0 aromatic heterocycles. The largest absolute Gasteiger partial charge is 0.481 e. The number of hydrogen-bond donors (Lipinski definition) is 1. The van der Waals surface area contributed by atoms with Gasteiger partial charge in [-0.2, -0.15) is 0 Å². The number of carbonyl (C=O) groups is 1. The van der Waals surface area contributed by atoms with E-state index in [4.69, 9.17) is 5.11 Å². The lowest BCUT2D eigenvalue weighted by molar-refractivity contribution is -0.150. The van der Waals surface area contributed by atoms with Crippen molar-refractivity contribution in [2.24, 2.45) is 5.92 Å². The Kier molecular flexibility index (Phi) is 3.85. The average molecular weight is 225 g/mol. The maximum atomic E-state index is 11.1. The zero-order chi connectivity index (χ0) is 11.5. The van der Waals surface area contributed by atoms with Gasteiger partial charge >= 0.3 is 5.97 Å². The molecule has 0 bridgehead atoms. The maximum absolute atomic E-state index is 11.1. The van der Waals surface area contributed by atoms with Crippen molar-refractivity contribution >= 4 is 5.97 Å². The van der Waals surface area contributed by atoms with E-state index in [9.17, 15) is 4.79 Å². The Hall–Kier alpha value is -0.570. The average Bonchev–Trinajstić information content (AvgIpc) is 2.18. The number of hydrogen-bond acceptors (Lipinski definition) is 2. The summed E-state index contributed by atoms with van der Waals surface area (Å²) < 4.78 is 0. The summed E-state index contributed by atoms with van der Waals surface area (Å²) in [5, 5.41) is 9.12. The molecule has 0 radical (unpaired) electrons. The van der Waals surface area contributed by atoms with Crippen molar-refractivity contribution in [3.05, 3.63) is 0 Å². The van der Waals surface area contributed by atoms with Gasteiger partial charge < -0.3 is 5.11 Å². The van der Waals surface area contributed by atoms with Crippen molar-refractivity contribution in [1.29, 1.82) is 0 Å². The van der Waals surface area contributed by atoms with Crippen LogP contribution in [0.1, 0.15) is 51.9 Å². The van der Waals surface area contributed by atoms with Crippen LogP contribution in [0, 0.1) is 5.92 Å². The van der Waals surface area contributed by atoms with Crippen molar-refractivity contribution in [3.8, 4) is 0 Å². The fourth-order valence-corrected chi connectivity index (χ4v) is 3.27. The summed E-state index contributed by atoms with van der Waals surface area (Å²) in [5.41, 5.74) is 0. The molecule has 1 N–H and O–H groups in total. The van der Waals surface area contributed by atoms with E-state index in [1.165, 1.54) is 32.1 Å². The molecular weight excluding hydrogens is 202 g/mol. The van der Waals surface area contributed by atoms with Gasteiger partial charge in [0.1, 0.15) is 0 Å². The molecule has 3 nitrogen and oxygen atoms in total. The highest BCUT2D eigenvalue weighted by Crippen LogP contribution is 2.36. The summed E-state index contributed by atoms with van der Waals surface area (Å²) in [7, 11) is 0. The molecular formula is C13H23NO2. The highest BCUT2D eigenvalue weighted by molar-refractivity contribution is 5.72. The van der Waals surface area contributed by atoms with E-state index in [2.05, 4.69) is 11.8 Å². The summed E-state index contributed by atoms with van der Waals surface area (Å²) in [5.74, 6) is -0.672. The molecule has 2 fully saturated rings. The van der Waals surface area contributed by atoms with Crippen LogP contribution in [0.4, 0.5) is 0 Å². The fraction of sp³-hybridized carbons (Fsp3) is 0.923. The van der Waals surface area contributed by atoms with Crippen LogP contribution >= 0.6 is 0 Å². The van der Waals surface area contributed by atoms with Gasteiger partial charge in [0.15, 0.2) is 0 Å². The van der Waals surface area contributed by atoms with Gasteiger partial charge in [-0.1, -0.05) is 19.8 Å². The van der Waals surface area contributed by atoms with Gasteiger partial charge in [0.2, 0.25) is 0 Å². The normalized spacial score (nSPS) is 35.7. The molecule has 92 valence electrons. The van der Waals surface area contributed by atoms with Crippen molar-refractivity contribution in [2.45, 2.75) is 64.0 Å². The molecule has 0 aromatic rings. The van der Waals surface area contributed by atoms with E-state index in [1.54, 1.807) is 0 Å². The highest BCUT2D eigenvalue weighted by Gasteiger charge is 2.42. The lowest BCUT2D eigenvalue weighted by Gasteiger charge is -2.48. The molecule has 1 heterocycles. The number of piperidine rings is 1. The Morgan fingerprint density at radius 1 is 1.31 bits per heavy atom. The minimum absolute atomic E-state index is 0.0857. The quantitative estimate of drug-likeness (QED) is 0.799. The number of aliphatic carboxylic acids is 1. The predicted molar refractivity (Wildman–Crippen MR) is 63.4 cm³/mol.